The van der Waals surface area contributed by atoms with Gasteiger partial charge in [-0.2, -0.15) is 0 Å². The normalized spacial score (nSPS) is 35.2. The van der Waals surface area contributed by atoms with Gasteiger partial charge in [-0.1, -0.05) is 39.5 Å². The highest BCUT2D eigenvalue weighted by molar-refractivity contribution is 4.82. The second-order valence-corrected chi connectivity index (χ2v) is 7.20. The molecule has 1 heterocycles. The summed E-state index contributed by atoms with van der Waals surface area (Å²) in [5.74, 6) is 1.74. The lowest BCUT2D eigenvalue weighted by Crippen LogP contribution is -2.48. The van der Waals surface area contributed by atoms with Crippen molar-refractivity contribution in [2.45, 2.75) is 77.8 Å². The first-order chi connectivity index (χ1) is 9.16. The highest BCUT2D eigenvalue weighted by atomic mass is 15.2. The Labute approximate surface area is 120 Å². The molecule has 1 aliphatic carbocycles. The van der Waals surface area contributed by atoms with E-state index in [0.717, 1.165) is 23.9 Å². The largest absolute Gasteiger partial charge is 0.313 e. The average molecular weight is 266 g/mol. The van der Waals surface area contributed by atoms with Gasteiger partial charge in [0, 0.05) is 31.7 Å². The monoisotopic (exact) mass is 266 g/mol. The molecule has 0 aromatic rings. The van der Waals surface area contributed by atoms with E-state index in [1.165, 1.54) is 64.6 Å². The van der Waals surface area contributed by atoms with Crippen LogP contribution in [0.2, 0.25) is 0 Å². The van der Waals surface area contributed by atoms with Crippen molar-refractivity contribution < 1.29 is 0 Å². The van der Waals surface area contributed by atoms with Gasteiger partial charge in [0.2, 0.25) is 0 Å². The Morgan fingerprint density at radius 1 is 1.00 bits per heavy atom. The third-order valence-corrected chi connectivity index (χ3v) is 5.41. The Bertz CT molecular complexity index is 246. The van der Waals surface area contributed by atoms with Crippen LogP contribution in [0.5, 0.6) is 0 Å². The van der Waals surface area contributed by atoms with E-state index in [1.807, 2.05) is 0 Å². The van der Waals surface area contributed by atoms with Gasteiger partial charge in [-0.15, -0.1) is 0 Å². The lowest BCUT2D eigenvalue weighted by molar-refractivity contribution is 0.0798. The summed E-state index contributed by atoms with van der Waals surface area (Å²) in [6.45, 7) is 11.0. The van der Waals surface area contributed by atoms with Crippen molar-refractivity contribution in [1.29, 1.82) is 0 Å². The highest BCUT2D eigenvalue weighted by Crippen LogP contribution is 2.26. The van der Waals surface area contributed by atoms with Crippen molar-refractivity contribution in [2.75, 3.05) is 19.6 Å². The summed E-state index contributed by atoms with van der Waals surface area (Å²) in [7, 11) is 0. The molecule has 1 saturated carbocycles. The lowest BCUT2D eigenvalue weighted by atomic mass is 9.86. The fraction of sp³-hybridized carbons (Fsp3) is 1.00. The van der Waals surface area contributed by atoms with Gasteiger partial charge in [0.1, 0.15) is 0 Å². The Morgan fingerprint density at radius 3 is 2.37 bits per heavy atom. The van der Waals surface area contributed by atoms with Crippen LogP contribution in [-0.4, -0.2) is 36.6 Å². The molecule has 19 heavy (non-hydrogen) atoms. The topological polar surface area (TPSA) is 15.3 Å². The number of hydrogen-bond acceptors (Lipinski definition) is 2. The zero-order valence-corrected chi connectivity index (χ0v) is 13.3. The van der Waals surface area contributed by atoms with Gasteiger partial charge >= 0.3 is 0 Å². The fourth-order valence-corrected chi connectivity index (χ4v) is 4.02. The maximum Gasteiger partial charge on any atom is 0.0110 e. The SMILES string of the molecule is CC1CC(C)C(C)N(CCNC2CCCCCC2)C1. The van der Waals surface area contributed by atoms with Gasteiger partial charge in [-0.25, -0.2) is 0 Å². The zero-order valence-electron chi connectivity index (χ0n) is 13.3. The Morgan fingerprint density at radius 2 is 1.68 bits per heavy atom. The molecule has 3 atom stereocenters. The quantitative estimate of drug-likeness (QED) is 0.781. The van der Waals surface area contributed by atoms with E-state index >= 15 is 0 Å². The number of rotatable bonds is 4. The molecular weight excluding hydrogens is 232 g/mol. The third kappa shape index (κ3) is 4.75. The molecule has 2 aliphatic rings. The molecule has 3 unspecified atom stereocenters. The van der Waals surface area contributed by atoms with Crippen molar-refractivity contribution in [2.24, 2.45) is 11.8 Å². The van der Waals surface area contributed by atoms with E-state index in [-0.39, 0.29) is 0 Å². The summed E-state index contributed by atoms with van der Waals surface area (Å²) >= 11 is 0. The van der Waals surface area contributed by atoms with E-state index < -0.39 is 0 Å². The van der Waals surface area contributed by atoms with Crippen LogP contribution in [-0.2, 0) is 0 Å². The molecule has 1 aliphatic heterocycles. The van der Waals surface area contributed by atoms with E-state index in [4.69, 9.17) is 0 Å². The summed E-state index contributed by atoms with van der Waals surface area (Å²) in [5.41, 5.74) is 0. The van der Waals surface area contributed by atoms with E-state index in [9.17, 15) is 0 Å². The molecule has 0 amide bonds. The Hall–Kier alpha value is -0.0800. The van der Waals surface area contributed by atoms with Crippen molar-refractivity contribution in [3.05, 3.63) is 0 Å². The highest BCUT2D eigenvalue weighted by Gasteiger charge is 2.28. The van der Waals surface area contributed by atoms with E-state index in [2.05, 4.69) is 31.0 Å². The molecule has 2 heteroatoms. The molecule has 0 radical (unpaired) electrons. The first kappa shape index (κ1) is 15.3. The van der Waals surface area contributed by atoms with Crippen molar-refractivity contribution in [1.82, 2.24) is 10.2 Å². The fourth-order valence-electron chi connectivity index (χ4n) is 4.02. The van der Waals surface area contributed by atoms with Crippen LogP contribution in [0.25, 0.3) is 0 Å². The minimum atomic E-state index is 0.770. The number of nitrogens with zero attached hydrogens (tertiary/aromatic N) is 1. The number of piperidine rings is 1. The molecule has 0 aromatic heterocycles. The molecule has 112 valence electrons. The van der Waals surface area contributed by atoms with Crippen LogP contribution in [0.15, 0.2) is 0 Å². The minimum absolute atomic E-state index is 0.770. The summed E-state index contributed by atoms with van der Waals surface area (Å²) in [5, 5.41) is 3.82. The summed E-state index contributed by atoms with van der Waals surface area (Å²) in [6, 6.07) is 1.57. The lowest BCUT2D eigenvalue weighted by Gasteiger charge is -2.41. The van der Waals surface area contributed by atoms with Crippen molar-refractivity contribution in [3.63, 3.8) is 0 Å². The predicted octanol–water partition coefficient (Wildman–Crippen LogP) is 3.67. The number of nitrogens with one attached hydrogen (secondary N) is 1. The first-order valence-corrected chi connectivity index (χ1v) is 8.64. The van der Waals surface area contributed by atoms with Crippen LogP contribution in [0.1, 0.15) is 65.7 Å². The molecule has 1 saturated heterocycles. The van der Waals surface area contributed by atoms with Gasteiger partial charge in [-0.05, 0) is 38.0 Å². The second kappa shape index (κ2) is 7.64. The molecule has 2 nitrogen and oxygen atoms in total. The van der Waals surface area contributed by atoms with E-state index in [0.29, 0.717) is 0 Å². The van der Waals surface area contributed by atoms with Crippen LogP contribution in [0, 0.1) is 11.8 Å². The smallest absolute Gasteiger partial charge is 0.0110 e. The molecule has 1 N–H and O–H groups in total. The molecule has 2 rings (SSSR count). The van der Waals surface area contributed by atoms with Crippen LogP contribution in [0.3, 0.4) is 0 Å². The van der Waals surface area contributed by atoms with Gasteiger partial charge in [0.15, 0.2) is 0 Å². The minimum Gasteiger partial charge on any atom is -0.313 e. The summed E-state index contributed by atoms with van der Waals surface area (Å²) in [6.07, 6.45) is 10.0. The predicted molar refractivity (Wildman–Crippen MR) is 83.5 cm³/mol. The summed E-state index contributed by atoms with van der Waals surface area (Å²) in [4.78, 5) is 2.71. The maximum atomic E-state index is 3.82. The van der Waals surface area contributed by atoms with Crippen LogP contribution < -0.4 is 5.32 Å². The van der Waals surface area contributed by atoms with Gasteiger partial charge < -0.3 is 5.32 Å². The van der Waals surface area contributed by atoms with Crippen molar-refractivity contribution in [3.8, 4) is 0 Å². The van der Waals surface area contributed by atoms with Gasteiger partial charge in [-0.3, -0.25) is 4.90 Å². The molecule has 0 bridgehead atoms. The standard InChI is InChI=1S/C17H34N2/c1-14-12-15(2)16(3)19(13-14)11-10-18-17-8-6-4-5-7-9-17/h14-18H,4-13H2,1-3H3. The Kier molecular flexibility index (Phi) is 6.15. The molecule has 2 fully saturated rings. The molecular formula is C17H34N2. The molecule has 0 aromatic carbocycles. The van der Waals surface area contributed by atoms with Crippen LogP contribution >= 0.6 is 0 Å². The molecule has 0 spiro atoms. The Balaban J connectivity index is 1.69. The number of likely N-dealkylation sites (tertiary alicyclic amines) is 1. The van der Waals surface area contributed by atoms with E-state index in [1.54, 1.807) is 0 Å². The third-order valence-electron chi connectivity index (χ3n) is 5.41. The van der Waals surface area contributed by atoms with Gasteiger partial charge in [0.05, 0.1) is 0 Å². The average Bonchev–Trinajstić information content (AvgIpc) is 2.64. The van der Waals surface area contributed by atoms with Gasteiger partial charge in [0.25, 0.3) is 0 Å². The second-order valence-electron chi connectivity index (χ2n) is 7.20. The number of hydrogen-bond donors (Lipinski definition) is 1. The summed E-state index contributed by atoms with van der Waals surface area (Å²) < 4.78 is 0. The zero-order chi connectivity index (χ0) is 13.7. The van der Waals surface area contributed by atoms with Crippen molar-refractivity contribution >= 4 is 0 Å². The first-order valence-electron chi connectivity index (χ1n) is 8.64. The van der Waals surface area contributed by atoms with Crippen LogP contribution in [0.4, 0.5) is 0 Å². The maximum absolute atomic E-state index is 3.82.